The van der Waals surface area contributed by atoms with Crippen molar-refractivity contribution in [3.8, 4) is 17.6 Å². The van der Waals surface area contributed by atoms with Crippen molar-refractivity contribution < 1.29 is 19.1 Å². The number of nitriles is 1. The second kappa shape index (κ2) is 12.8. The average Bonchev–Trinajstić information content (AvgIpc) is 2.84. The van der Waals surface area contributed by atoms with E-state index in [0.29, 0.717) is 43.6 Å². The number of nitrogens with one attached hydrogen (secondary N) is 2. The minimum absolute atomic E-state index is 0.112. The van der Waals surface area contributed by atoms with Crippen LogP contribution in [0.25, 0.3) is 6.08 Å². The van der Waals surface area contributed by atoms with Crippen LogP contribution in [0, 0.1) is 14.9 Å². The van der Waals surface area contributed by atoms with Gasteiger partial charge in [0.1, 0.15) is 11.6 Å². The summed E-state index contributed by atoms with van der Waals surface area (Å²) in [6.07, 6.45) is 1.45. The Kier molecular flexibility index (Phi) is 9.52. The van der Waals surface area contributed by atoms with Gasteiger partial charge in [0, 0.05) is 5.69 Å². The third kappa shape index (κ3) is 7.47. The summed E-state index contributed by atoms with van der Waals surface area (Å²) in [5.41, 5.74) is 1.52. The highest BCUT2D eigenvalue weighted by Crippen LogP contribution is 2.35. The first kappa shape index (κ1) is 26.1. The number of ether oxygens (including phenoxy) is 2. The summed E-state index contributed by atoms with van der Waals surface area (Å²) in [7, 11) is 0. The number of carbonyl (C=O) groups excluding carboxylic acids is 2. The number of halogens is 2. The third-order valence-electron chi connectivity index (χ3n) is 4.53. The number of hydrogen-bond acceptors (Lipinski definition) is 5. The van der Waals surface area contributed by atoms with Crippen molar-refractivity contribution >= 4 is 63.5 Å². The van der Waals surface area contributed by atoms with Gasteiger partial charge in [-0.2, -0.15) is 5.26 Å². The lowest BCUT2D eigenvalue weighted by Crippen LogP contribution is -2.20. The molecule has 9 heteroatoms. The zero-order chi connectivity index (χ0) is 25.2. The number of anilines is 2. The van der Waals surface area contributed by atoms with Crippen molar-refractivity contribution in [2.45, 2.75) is 6.92 Å². The molecule has 178 valence electrons. The maximum absolute atomic E-state index is 12.6. The second-order valence-electron chi connectivity index (χ2n) is 7.07. The zero-order valence-electron chi connectivity index (χ0n) is 18.7. The number of para-hydroxylation sites is 2. The monoisotopic (exact) mass is 601 g/mol. The van der Waals surface area contributed by atoms with Crippen molar-refractivity contribution in [3.05, 3.63) is 86.5 Å². The van der Waals surface area contributed by atoms with Gasteiger partial charge in [0.15, 0.2) is 18.1 Å². The van der Waals surface area contributed by atoms with Crippen LogP contribution in [0.5, 0.6) is 11.5 Å². The maximum atomic E-state index is 12.6. The summed E-state index contributed by atoms with van der Waals surface area (Å²) in [6, 6.07) is 21.1. The summed E-state index contributed by atoms with van der Waals surface area (Å²) in [6.45, 7) is 1.96. The number of benzene rings is 3. The molecule has 0 spiro atoms. The van der Waals surface area contributed by atoms with Crippen LogP contribution in [0.15, 0.2) is 72.3 Å². The Balaban J connectivity index is 1.78. The first-order valence-corrected chi connectivity index (χ1v) is 12.0. The molecule has 0 aliphatic heterocycles. The van der Waals surface area contributed by atoms with E-state index in [0.717, 1.165) is 0 Å². The molecule has 0 heterocycles. The van der Waals surface area contributed by atoms with Gasteiger partial charge in [-0.1, -0.05) is 41.9 Å². The van der Waals surface area contributed by atoms with Gasteiger partial charge in [-0.05, 0) is 77.6 Å². The van der Waals surface area contributed by atoms with Crippen LogP contribution < -0.4 is 20.1 Å². The molecule has 3 rings (SSSR count). The molecule has 0 aromatic heterocycles. The topological polar surface area (TPSA) is 100 Å². The van der Waals surface area contributed by atoms with E-state index in [1.807, 2.05) is 31.2 Å². The average molecular weight is 602 g/mol. The van der Waals surface area contributed by atoms with E-state index in [1.54, 1.807) is 48.5 Å². The van der Waals surface area contributed by atoms with Gasteiger partial charge < -0.3 is 20.1 Å². The zero-order valence-corrected chi connectivity index (χ0v) is 21.6. The molecular weight excluding hydrogens is 581 g/mol. The molecule has 0 aliphatic rings. The third-order valence-corrected chi connectivity index (χ3v) is 5.67. The predicted molar refractivity (Wildman–Crippen MR) is 145 cm³/mol. The Labute approximate surface area is 221 Å². The van der Waals surface area contributed by atoms with Crippen LogP contribution in [0.4, 0.5) is 11.4 Å². The van der Waals surface area contributed by atoms with E-state index in [9.17, 15) is 14.9 Å². The highest BCUT2D eigenvalue weighted by Gasteiger charge is 2.16. The second-order valence-corrected chi connectivity index (χ2v) is 8.64. The molecule has 0 radical (unpaired) electrons. The van der Waals surface area contributed by atoms with Gasteiger partial charge in [-0.25, -0.2) is 0 Å². The highest BCUT2D eigenvalue weighted by molar-refractivity contribution is 14.1. The van der Waals surface area contributed by atoms with Crippen molar-refractivity contribution in [1.82, 2.24) is 0 Å². The lowest BCUT2D eigenvalue weighted by Gasteiger charge is -2.15. The van der Waals surface area contributed by atoms with Gasteiger partial charge in [0.05, 0.1) is 20.9 Å². The molecule has 0 aliphatic carbocycles. The first-order valence-electron chi connectivity index (χ1n) is 10.5. The molecular formula is C26H21ClIN3O4. The van der Waals surface area contributed by atoms with Crippen molar-refractivity contribution in [2.75, 3.05) is 23.8 Å². The number of nitrogens with zero attached hydrogens (tertiary/aromatic N) is 1. The molecule has 7 nitrogen and oxygen atoms in total. The Bertz CT molecular complexity index is 1290. The van der Waals surface area contributed by atoms with Gasteiger partial charge in [-0.3, -0.25) is 9.59 Å². The summed E-state index contributed by atoms with van der Waals surface area (Å²) in [4.78, 5) is 24.9. The Morgan fingerprint density at radius 3 is 2.46 bits per heavy atom. The Hall–Kier alpha value is -3.55. The van der Waals surface area contributed by atoms with Gasteiger partial charge in [-0.15, -0.1) is 0 Å². The quantitative estimate of drug-likeness (QED) is 0.181. The number of rotatable bonds is 9. The number of amides is 2. The Morgan fingerprint density at radius 2 is 1.77 bits per heavy atom. The fourth-order valence-corrected chi connectivity index (χ4v) is 3.96. The normalized spacial score (nSPS) is 10.7. The first-order chi connectivity index (χ1) is 16.9. The van der Waals surface area contributed by atoms with Gasteiger partial charge >= 0.3 is 0 Å². The Morgan fingerprint density at radius 1 is 1.06 bits per heavy atom. The highest BCUT2D eigenvalue weighted by atomic mass is 127. The van der Waals surface area contributed by atoms with Crippen LogP contribution in [0.1, 0.15) is 12.5 Å². The number of hydrogen-bond donors (Lipinski definition) is 2. The molecule has 3 aromatic rings. The molecule has 0 saturated carbocycles. The minimum Gasteiger partial charge on any atom is -0.490 e. The molecule has 0 fully saturated rings. The molecule has 0 bridgehead atoms. The number of carbonyl (C=O) groups is 2. The molecule has 35 heavy (non-hydrogen) atoms. The van der Waals surface area contributed by atoms with E-state index in [2.05, 4.69) is 33.2 Å². The van der Waals surface area contributed by atoms with Gasteiger partial charge in [0.2, 0.25) is 0 Å². The van der Waals surface area contributed by atoms with E-state index in [-0.39, 0.29) is 18.1 Å². The van der Waals surface area contributed by atoms with Crippen LogP contribution in [-0.4, -0.2) is 25.0 Å². The van der Waals surface area contributed by atoms with Crippen LogP contribution in [-0.2, 0) is 9.59 Å². The summed E-state index contributed by atoms with van der Waals surface area (Å²) in [5.74, 6) is -0.123. The van der Waals surface area contributed by atoms with Crippen molar-refractivity contribution in [2.24, 2.45) is 0 Å². The van der Waals surface area contributed by atoms with E-state index in [1.165, 1.54) is 6.08 Å². The fraction of sp³-hybridized carbons (Fsp3) is 0.115. The molecule has 0 saturated heterocycles. The SMILES string of the molecule is CCOc1cc(/C=C(\C#N)C(=O)Nc2ccccc2Cl)cc(I)c1OCC(=O)Nc1ccccc1. The van der Waals surface area contributed by atoms with Gasteiger partial charge in [0.25, 0.3) is 11.8 Å². The summed E-state index contributed by atoms with van der Waals surface area (Å²) >= 11 is 8.14. The lowest BCUT2D eigenvalue weighted by molar-refractivity contribution is -0.118. The lowest BCUT2D eigenvalue weighted by atomic mass is 10.1. The van der Waals surface area contributed by atoms with E-state index >= 15 is 0 Å². The predicted octanol–water partition coefficient (Wildman–Crippen LogP) is 5.91. The molecule has 2 amide bonds. The smallest absolute Gasteiger partial charge is 0.266 e. The summed E-state index contributed by atoms with van der Waals surface area (Å²) < 4.78 is 12.1. The van der Waals surface area contributed by atoms with Crippen molar-refractivity contribution in [1.29, 1.82) is 5.26 Å². The van der Waals surface area contributed by atoms with E-state index < -0.39 is 5.91 Å². The van der Waals surface area contributed by atoms with Crippen LogP contribution in [0.3, 0.4) is 0 Å². The molecule has 0 unspecified atom stereocenters. The van der Waals surface area contributed by atoms with Crippen LogP contribution in [0.2, 0.25) is 5.02 Å². The largest absolute Gasteiger partial charge is 0.490 e. The minimum atomic E-state index is -0.591. The molecule has 2 N–H and O–H groups in total. The fourth-order valence-electron chi connectivity index (χ4n) is 3.00. The van der Waals surface area contributed by atoms with Crippen LogP contribution >= 0.6 is 34.2 Å². The maximum Gasteiger partial charge on any atom is 0.266 e. The summed E-state index contributed by atoms with van der Waals surface area (Å²) in [5, 5.41) is 15.3. The standard InChI is InChI=1S/C26H21ClIN3O4/c1-2-34-23-14-17(12-18(15-29)26(33)31-22-11-7-6-10-20(22)27)13-21(28)25(23)35-16-24(32)30-19-8-4-3-5-9-19/h3-14H,2,16H2,1H3,(H,30,32)(H,31,33)/b18-12+. The molecule has 0 atom stereocenters. The van der Waals surface area contributed by atoms with Crippen molar-refractivity contribution in [3.63, 3.8) is 0 Å². The molecule has 3 aromatic carbocycles. The van der Waals surface area contributed by atoms with E-state index in [4.69, 9.17) is 21.1 Å².